The van der Waals surface area contributed by atoms with Gasteiger partial charge in [-0.05, 0) is 17.0 Å². The number of imide groups is 1. The van der Waals surface area contributed by atoms with Crippen LogP contribution in [0.5, 0.6) is 5.88 Å². The van der Waals surface area contributed by atoms with E-state index in [-0.39, 0.29) is 18.2 Å². The van der Waals surface area contributed by atoms with Crippen molar-refractivity contribution in [3.63, 3.8) is 0 Å². The molecule has 1 fully saturated rings. The van der Waals surface area contributed by atoms with Crippen molar-refractivity contribution in [3.05, 3.63) is 52.7 Å². The normalized spacial score (nSPS) is 23.9. The Morgan fingerprint density at radius 3 is 2.46 bits per heavy atom. The number of benzene rings is 1. The van der Waals surface area contributed by atoms with Gasteiger partial charge in [0.1, 0.15) is 24.4 Å². The molecule has 1 aromatic carbocycles. The number of nitrogens with zero attached hydrogens (tertiary/aromatic N) is 2. The van der Waals surface area contributed by atoms with E-state index in [1.807, 2.05) is 38.1 Å². The third-order valence-electron chi connectivity index (χ3n) is 6.18. The zero-order valence-electron chi connectivity index (χ0n) is 20.9. The Balaban J connectivity index is 1.73. The van der Waals surface area contributed by atoms with Crippen molar-refractivity contribution in [2.24, 2.45) is 5.73 Å². The number of nitrogens with one attached hydrogen (secondary N) is 1. The van der Waals surface area contributed by atoms with Crippen LogP contribution in [0.3, 0.4) is 0 Å². The second kappa shape index (κ2) is 12.3. The number of aromatic amines is 1. The van der Waals surface area contributed by atoms with E-state index in [0.717, 1.165) is 27.3 Å². The highest BCUT2D eigenvalue weighted by atomic mass is 16.7. The van der Waals surface area contributed by atoms with Crippen molar-refractivity contribution < 1.29 is 39.5 Å². The van der Waals surface area contributed by atoms with Crippen LogP contribution in [-0.4, -0.2) is 91.8 Å². The first-order chi connectivity index (χ1) is 17.5. The molecule has 0 saturated carbocycles. The summed E-state index contributed by atoms with van der Waals surface area (Å²) in [6, 6.07) is 6.76. The molecular weight excluding hydrogens is 484 g/mol. The van der Waals surface area contributed by atoms with E-state index in [4.69, 9.17) is 15.2 Å². The fourth-order valence-electron chi connectivity index (χ4n) is 3.89. The van der Waals surface area contributed by atoms with Gasteiger partial charge in [-0.1, -0.05) is 50.3 Å². The average Bonchev–Trinajstić information content (AvgIpc) is 3.26. The minimum atomic E-state index is -1.56. The number of aliphatic hydroxyl groups is 4. The molecule has 1 aromatic heterocycles. The second-order valence-corrected chi connectivity index (χ2v) is 9.21. The summed E-state index contributed by atoms with van der Waals surface area (Å²) in [5.74, 6) is -0.157. The molecule has 3 rings (SSSR count). The van der Waals surface area contributed by atoms with Gasteiger partial charge in [0.2, 0.25) is 18.1 Å². The summed E-state index contributed by atoms with van der Waals surface area (Å²) >= 11 is 0. The summed E-state index contributed by atoms with van der Waals surface area (Å²) in [6.45, 7) is 3.41. The maximum absolute atomic E-state index is 11.8. The Labute approximate surface area is 214 Å². The van der Waals surface area contributed by atoms with Crippen molar-refractivity contribution in [1.82, 2.24) is 15.1 Å². The number of urea groups is 1. The van der Waals surface area contributed by atoms with Crippen molar-refractivity contribution in [2.75, 3.05) is 13.7 Å². The number of nitrogens with two attached hydrogens (primary N) is 1. The van der Waals surface area contributed by atoms with E-state index in [2.05, 4.69) is 10.2 Å². The molecule has 0 radical (unpaired) electrons. The van der Waals surface area contributed by atoms with Crippen molar-refractivity contribution in [2.45, 2.75) is 63.3 Å². The van der Waals surface area contributed by atoms with Crippen molar-refractivity contribution in [1.29, 1.82) is 0 Å². The summed E-state index contributed by atoms with van der Waals surface area (Å²) in [7, 11) is 1.32. The number of H-pyrrole nitrogens is 1. The third-order valence-corrected chi connectivity index (χ3v) is 6.18. The van der Waals surface area contributed by atoms with E-state index in [1.54, 1.807) is 12.2 Å². The minimum Gasteiger partial charge on any atom is -0.443 e. The van der Waals surface area contributed by atoms with E-state index < -0.39 is 49.3 Å². The van der Waals surface area contributed by atoms with Crippen LogP contribution in [0.2, 0.25) is 0 Å². The third kappa shape index (κ3) is 6.73. The molecule has 7 N–H and O–H groups in total. The lowest BCUT2D eigenvalue weighted by Gasteiger charge is -2.39. The first kappa shape index (κ1) is 28.3. The molecule has 0 unspecified atom stereocenters. The molecule has 12 nitrogen and oxygen atoms in total. The molecule has 37 heavy (non-hydrogen) atoms. The van der Waals surface area contributed by atoms with Crippen molar-refractivity contribution >= 4 is 18.0 Å². The predicted octanol–water partition coefficient (Wildman–Crippen LogP) is 0.243. The van der Waals surface area contributed by atoms with E-state index in [0.29, 0.717) is 6.42 Å². The fraction of sp³-hybridized carbons (Fsp3) is 0.480. The Morgan fingerprint density at radius 2 is 1.86 bits per heavy atom. The highest BCUT2D eigenvalue weighted by molar-refractivity contribution is 5.94. The molecule has 1 saturated heterocycles. The second-order valence-electron chi connectivity index (χ2n) is 9.21. The van der Waals surface area contributed by atoms with Crippen LogP contribution >= 0.6 is 0 Å². The van der Waals surface area contributed by atoms with E-state index in [9.17, 15) is 30.0 Å². The van der Waals surface area contributed by atoms with Crippen LogP contribution in [0.1, 0.15) is 48.6 Å². The van der Waals surface area contributed by atoms with Gasteiger partial charge in [0.15, 0.2) is 0 Å². The SMILES string of the molecule is CC(C)c1[nH]nc(O[C@@H]2O[C@H](CO)[C@@H](O)[C@H](O)[C@H]2O)c1Cc1ccc(C=CCC(=O)N(C)C(N)=O)cc1. The number of hydrogen-bond acceptors (Lipinski definition) is 9. The highest BCUT2D eigenvalue weighted by Gasteiger charge is 2.45. The zero-order valence-corrected chi connectivity index (χ0v) is 20.9. The number of ether oxygens (including phenoxy) is 2. The monoisotopic (exact) mass is 518 g/mol. The number of hydrogen-bond donors (Lipinski definition) is 6. The standard InChI is InChI=1S/C25H34N4O8/c1-13(2)19-16(23(28-27-19)37-24-22(34)21(33)20(32)17(12-30)36-24)11-15-9-7-14(8-10-15)5-4-6-18(31)29(3)25(26)35/h4-5,7-10,13,17,20-22,24,30,32-34H,6,11-12H2,1-3H3,(H2,26,35)(H,27,28)/t17-,20-,21+,22-,24+/m1/s1. The molecule has 1 aliphatic heterocycles. The van der Waals surface area contributed by atoms with Gasteiger partial charge >= 0.3 is 6.03 Å². The van der Waals surface area contributed by atoms with Crippen LogP contribution in [0, 0.1) is 0 Å². The van der Waals surface area contributed by atoms with Gasteiger partial charge in [-0.25, -0.2) is 4.79 Å². The molecule has 1 aliphatic rings. The topological polar surface area (TPSA) is 191 Å². The molecular formula is C25H34N4O8. The molecule has 5 atom stereocenters. The molecule has 0 bridgehead atoms. The zero-order chi connectivity index (χ0) is 27.3. The number of aliphatic hydroxyl groups excluding tert-OH is 4. The van der Waals surface area contributed by atoms with E-state index in [1.165, 1.54) is 7.05 Å². The van der Waals surface area contributed by atoms with Crippen LogP contribution < -0.4 is 10.5 Å². The van der Waals surface area contributed by atoms with Gasteiger partial charge in [-0.2, -0.15) is 0 Å². The Kier molecular flexibility index (Phi) is 9.40. The lowest BCUT2D eigenvalue weighted by atomic mass is 9.98. The van der Waals surface area contributed by atoms with Gasteiger partial charge in [-0.3, -0.25) is 14.8 Å². The molecule has 2 aromatic rings. The number of aromatic nitrogens is 2. The number of carbonyl (C=O) groups excluding carboxylic acids is 2. The number of amides is 3. The minimum absolute atomic E-state index is 0.0343. The number of primary amides is 1. The maximum atomic E-state index is 11.8. The van der Waals surface area contributed by atoms with Gasteiger partial charge in [-0.15, -0.1) is 5.10 Å². The lowest BCUT2D eigenvalue weighted by Crippen LogP contribution is -2.60. The molecule has 202 valence electrons. The molecule has 2 heterocycles. The average molecular weight is 519 g/mol. The largest absolute Gasteiger partial charge is 0.443 e. The van der Waals surface area contributed by atoms with Gasteiger partial charge in [0, 0.05) is 31.1 Å². The van der Waals surface area contributed by atoms with Crippen LogP contribution in [0.25, 0.3) is 6.08 Å². The van der Waals surface area contributed by atoms with Gasteiger partial charge < -0.3 is 35.6 Å². The van der Waals surface area contributed by atoms with E-state index >= 15 is 0 Å². The Hall–Kier alpha value is -3.29. The lowest BCUT2D eigenvalue weighted by molar-refractivity contribution is -0.278. The highest BCUT2D eigenvalue weighted by Crippen LogP contribution is 2.31. The summed E-state index contributed by atoms with van der Waals surface area (Å²) in [6.07, 6.45) is -3.16. The summed E-state index contributed by atoms with van der Waals surface area (Å²) in [5, 5.41) is 47.0. The van der Waals surface area contributed by atoms with Crippen LogP contribution in [0.4, 0.5) is 4.79 Å². The Morgan fingerprint density at radius 1 is 1.19 bits per heavy atom. The van der Waals surface area contributed by atoms with Crippen LogP contribution in [0.15, 0.2) is 30.3 Å². The Bertz CT molecular complexity index is 1100. The maximum Gasteiger partial charge on any atom is 0.321 e. The quantitative estimate of drug-likeness (QED) is 0.270. The smallest absolute Gasteiger partial charge is 0.321 e. The molecule has 0 spiro atoms. The summed E-state index contributed by atoms with van der Waals surface area (Å²) in [5.41, 5.74) is 8.43. The summed E-state index contributed by atoms with van der Waals surface area (Å²) in [4.78, 5) is 23.8. The number of rotatable bonds is 9. The van der Waals surface area contributed by atoms with Gasteiger partial charge in [0.25, 0.3) is 0 Å². The number of carbonyl (C=O) groups is 2. The molecule has 12 heteroatoms. The first-order valence-corrected chi connectivity index (χ1v) is 11.9. The van der Waals surface area contributed by atoms with Crippen LogP contribution in [-0.2, 0) is 16.0 Å². The predicted molar refractivity (Wildman–Crippen MR) is 132 cm³/mol. The fourth-order valence-corrected chi connectivity index (χ4v) is 3.89. The molecule has 0 aliphatic carbocycles. The summed E-state index contributed by atoms with van der Waals surface area (Å²) < 4.78 is 11.3. The van der Waals surface area contributed by atoms with Gasteiger partial charge in [0.05, 0.1) is 6.61 Å². The first-order valence-electron chi connectivity index (χ1n) is 11.9. The van der Waals surface area contributed by atoms with Crippen molar-refractivity contribution in [3.8, 4) is 5.88 Å². The molecule has 3 amide bonds.